The van der Waals surface area contributed by atoms with E-state index in [9.17, 15) is 4.79 Å². The van der Waals surface area contributed by atoms with Gasteiger partial charge in [0.05, 0.1) is 6.04 Å². The molecule has 0 radical (unpaired) electrons. The van der Waals surface area contributed by atoms with Crippen LogP contribution in [0.1, 0.15) is 30.4 Å². The third-order valence-electron chi connectivity index (χ3n) is 4.81. The summed E-state index contributed by atoms with van der Waals surface area (Å²) in [6.45, 7) is 5.64. The van der Waals surface area contributed by atoms with Crippen LogP contribution in [0, 0.1) is 6.92 Å². The Hall–Kier alpha value is -2.08. The van der Waals surface area contributed by atoms with Gasteiger partial charge in [-0.3, -0.25) is 14.7 Å². The quantitative estimate of drug-likeness (QED) is 0.441. The lowest BCUT2D eigenvalue weighted by molar-refractivity contribution is -0.133. The van der Waals surface area contributed by atoms with Crippen molar-refractivity contribution < 1.29 is 4.79 Å². The third-order valence-corrected chi connectivity index (χ3v) is 4.81. The van der Waals surface area contributed by atoms with E-state index in [-0.39, 0.29) is 11.9 Å². The molecule has 1 aromatic rings. The fourth-order valence-electron chi connectivity index (χ4n) is 3.27. The van der Waals surface area contributed by atoms with E-state index in [1.165, 1.54) is 11.1 Å². The molecule has 2 rings (SSSR count). The predicted octanol–water partition coefficient (Wildman–Crippen LogP) is 1.60. The number of guanidine groups is 1. The smallest absolute Gasteiger partial charge is 0.239 e. The molecule has 1 unspecified atom stereocenters. The van der Waals surface area contributed by atoms with E-state index in [0.717, 1.165) is 51.4 Å². The molecule has 26 heavy (non-hydrogen) atoms. The molecule has 1 fully saturated rings. The third kappa shape index (κ3) is 6.02. The zero-order valence-electron chi connectivity index (χ0n) is 16.6. The Kier molecular flexibility index (Phi) is 7.91. The van der Waals surface area contributed by atoms with Gasteiger partial charge in [-0.25, -0.2) is 0 Å². The molecule has 0 aromatic heterocycles. The van der Waals surface area contributed by atoms with Gasteiger partial charge in [0.2, 0.25) is 5.91 Å². The number of nitrogens with one attached hydrogen (secondary N) is 2. The molecule has 1 aliphatic heterocycles. The van der Waals surface area contributed by atoms with Gasteiger partial charge in [-0.15, -0.1) is 0 Å². The number of likely N-dealkylation sites (tertiary alicyclic amines) is 1. The average Bonchev–Trinajstić information content (AvgIpc) is 3.10. The maximum absolute atomic E-state index is 12.2. The minimum absolute atomic E-state index is 0.0592. The highest BCUT2D eigenvalue weighted by Gasteiger charge is 2.30. The van der Waals surface area contributed by atoms with E-state index in [2.05, 4.69) is 51.7 Å². The summed E-state index contributed by atoms with van der Waals surface area (Å²) in [5, 5.41) is 6.70. The van der Waals surface area contributed by atoms with Crippen molar-refractivity contribution in [1.29, 1.82) is 0 Å². The van der Waals surface area contributed by atoms with Crippen LogP contribution in [0.25, 0.3) is 0 Å². The first kappa shape index (κ1) is 20.2. The van der Waals surface area contributed by atoms with Crippen LogP contribution in [-0.2, 0) is 11.3 Å². The molecule has 0 bridgehead atoms. The molecule has 1 aliphatic rings. The van der Waals surface area contributed by atoms with Gasteiger partial charge in [0.15, 0.2) is 5.96 Å². The molecule has 0 spiro atoms. The summed E-state index contributed by atoms with van der Waals surface area (Å²) in [7, 11) is 5.46. The molecule has 144 valence electrons. The second kappa shape index (κ2) is 10.2. The van der Waals surface area contributed by atoms with Gasteiger partial charge in [0.1, 0.15) is 0 Å². The van der Waals surface area contributed by atoms with E-state index < -0.39 is 0 Å². The van der Waals surface area contributed by atoms with Crippen LogP contribution in [-0.4, -0.2) is 68.5 Å². The lowest BCUT2D eigenvalue weighted by atomic mass is 10.1. The van der Waals surface area contributed by atoms with Crippen LogP contribution < -0.4 is 10.6 Å². The lowest BCUT2D eigenvalue weighted by Gasteiger charge is -2.26. The number of nitrogens with zero attached hydrogens (tertiary/aromatic N) is 3. The Morgan fingerprint density at radius 1 is 1.27 bits per heavy atom. The summed E-state index contributed by atoms with van der Waals surface area (Å²) in [5.74, 6) is 1.04. The van der Waals surface area contributed by atoms with Gasteiger partial charge >= 0.3 is 0 Å². The Labute approximate surface area is 157 Å². The van der Waals surface area contributed by atoms with Gasteiger partial charge in [-0.1, -0.05) is 29.8 Å². The maximum atomic E-state index is 12.2. The molecule has 1 atom stereocenters. The molecule has 1 saturated heterocycles. The van der Waals surface area contributed by atoms with Gasteiger partial charge in [-0.2, -0.15) is 0 Å². The van der Waals surface area contributed by atoms with Crippen molar-refractivity contribution in [3.63, 3.8) is 0 Å². The molecule has 1 heterocycles. The minimum Gasteiger partial charge on any atom is -0.356 e. The van der Waals surface area contributed by atoms with Crippen molar-refractivity contribution in [2.45, 2.75) is 38.8 Å². The van der Waals surface area contributed by atoms with Crippen molar-refractivity contribution in [3.05, 3.63) is 35.4 Å². The number of benzene rings is 1. The monoisotopic (exact) mass is 359 g/mol. The number of carbonyl (C=O) groups excluding carboxylic acids is 1. The molecular formula is C20H33N5O. The van der Waals surface area contributed by atoms with E-state index >= 15 is 0 Å². The fraction of sp³-hybridized carbons (Fsp3) is 0.600. The molecule has 6 heteroatoms. The summed E-state index contributed by atoms with van der Waals surface area (Å²) < 4.78 is 0. The summed E-state index contributed by atoms with van der Waals surface area (Å²) in [6.07, 6.45) is 3.07. The Morgan fingerprint density at radius 3 is 2.65 bits per heavy atom. The van der Waals surface area contributed by atoms with E-state index in [0.29, 0.717) is 0 Å². The van der Waals surface area contributed by atoms with Crippen molar-refractivity contribution in [3.8, 4) is 0 Å². The number of likely N-dealkylation sites (N-methyl/N-ethyl adjacent to an activating group) is 1. The van der Waals surface area contributed by atoms with Crippen LogP contribution in [0.5, 0.6) is 0 Å². The normalized spacial score (nSPS) is 18.0. The Balaban J connectivity index is 1.69. The highest BCUT2D eigenvalue weighted by Crippen LogP contribution is 2.18. The second-order valence-electron chi connectivity index (χ2n) is 7.12. The fourth-order valence-corrected chi connectivity index (χ4v) is 3.27. The van der Waals surface area contributed by atoms with Gasteiger partial charge in [0.25, 0.3) is 0 Å². The first-order chi connectivity index (χ1) is 12.5. The SMILES string of the molecule is CN=C(NCCCN1CCCC1C(=O)N(C)C)NCc1ccc(C)cc1. The first-order valence-electron chi connectivity index (χ1n) is 9.46. The van der Waals surface area contributed by atoms with Crippen LogP contribution in [0.15, 0.2) is 29.3 Å². The van der Waals surface area contributed by atoms with Crippen LogP contribution in [0.2, 0.25) is 0 Å². The van der Waals surface area contributed by atoms with Gasteiger partial charge < -0.3 is 15.5 Å². The van der Waals surface area contributed by atoms with Crippen LogP contribution in [0.3, 0.4) is 0 Å². The minimum atomic E-state index is 0.0592. The summed E-state index contributed by atoms with van der Waals surface area (Å²) in [5.41, 5.74) is 2.50. The van der Waals surface area contributed by atoms with E-state index in [1.54, 1.807) is 11.9 Å². The molecule has 0 saturated carbocycles. The van der Waals surface area contributed by atoms with Crippen molar-refractivity contribution in [2.24, 2.45) is 4.99 Å². The number of aliphatic imine (C=N–C) groups is 1. The lowest BCUT2D eigenvalue weighted by Crippen LogP contribution is -2.44. The molecule has 1 amide bonds. The molecule has 2 N–H and O–H groups in total. The van der Waals surface area contributed by atoms with Crippen molar-refractivity contribution in [2.75, 3.05) is 40.8 Å². The Morgan fingerprint density at radius 2 is 2.00 bits per heavy atom. The number of hydrogen-bond acceptors (Lipinski definition) is 3. The predicted molar refractivity (Wildman–Crippen MR) is 107 cm³/mol. The van der Waals surface area contributed by atoms with Crippen molar-refractivity contribution in [1.82, 2.24) is 20.4 Å². The standard InChI is InChI=1S/C20H33N5O/c1-16-8-10-17(11-9-16)15-23-20(21-2)22-12-6-14-25-13-5-7-18(25)19(26)24(3)4/h8-11,18H,5-7,12-15H2,1-4H3,(H2,21,22,23). The number of aryl methyl sites for hydroxylation is 1. The van der Waals surface area contributed by atoms with E-state index in [1.807, 2.05) is 14.1 Å². The Bertz CT molecular complexity index is 597. The summed E-state index contributed by atoms with van der Waals surface area (Å²) >= 11 is 0. The van der Waals surface area contributed by atoms with Crippen LogP contribution >= 0.6 is 0 Å². The number of carbonyl (C=O) groups is 1. The zero-order valence-corrected chi connectivity index (χ0v) is 16.6. The topological polar surface area (TPSA) is 60.0 Å². The average molecular weight is 360 g/mol. The maximum Gasteiger partial charge on any atom is 0.239 e. The number of hydrogen-bond donors (Lipinski definition) is 2. The largest absolute Gasteiger partial charge is 0.356 e. The highest BCUT2D eigenvalue weighted by atomic mass is 16.2. The molecular weight excluding hydrogens is 326 g/mol. The highest BCUT2D eigenvalue weighted by molar-refractivity contribution is 5.81. The second-order valence-corrected chi connectivity index (χ2v) is 7.12. The molecule has 0 aliphatic carbocycles. The number of amides is 1. The van der Waals surface area contributed by atoms with Gasteiger partial charge in [-0.05, 0) is 38.3 Å². The molecule has 1 aromatic carbocycles. The van der Waals surface area contributed by atoms with Gasteiger partial charge in [0, 0.05) is 40.8 Å². The number of rotatable bonds is 7. The summed E-state index contributed by atoms with van der Waals surface area (Å²) in [4.78, 5) is 20.5. The summed E-state index contributed by atoms with van der Waals surface area (Å²) in [6, 6.07) is 8.56. The van der Waals surface area contributed by atoms with Crippen LogP contribution in [0.4, 0.5) is 0 Å². The first-order valence-corrected chi connectivity index (χ1v) is 9.46. The van der Waals surface area contributed by atoms with E-state index in [4.69, 9.17) is 0 Å². The molecule has 6 nitrogen and oxygen atoms in total. The van der Waals surface area contributed by atoms with Crippen molar-refractivity contribution >= 4 is 11.9 Å². The zero-order chi connectivity index (χ0) is 18.9.